The number of aryl methyl sites for hydroxylation is 1. The number of amides is 1. The van der Waals surface area contributed by atoms with E-state index in [1.807, 2.05) is 42.6 Å². The number of anilines is 1. The zero-order valence-electron chi connectivity index (χ0n) is 12.1. The number of benzene rings is 2. The van der Waals surface area contributed by atoms with Crippen molar-refractivity contribution in [3.8, 4) is 12.3 Å². The fraction of sp³-hybridized carbons (Fsp3) is 0.105. The predicted molar refractivity (Wildman–Crippen MR) is 89.6 cm³/mol. The summed E-state index contributed by atoms with van der Waals surface area (Å²) in [7, 11) is 0. The number of H-pyrrole nitrogens is 1. The smallest absolute Gasteiger partial charge is 0.224 e. The van der Waals surface area contributed by atoms with Gasteiger partial charge in [0.05, 0.1) is 0 Å². The Bertz CT molecular complexity index is 855. The highest BCUT2D eigenvalue weighted by Crippen LogP contribution is 2.19. The summed E-state index contributed by atoms with van der Waals surface area (Å²) in [4.78, 5) is 15.3. The van der Waals surface area contributed by atoms with E-state index < -0.39 is 0 Å². The predicted octanol–water partition coefficient (Wildman–Crippen LogP) is 3.72. The molecule has 0 unspecified atom stereocenters. The van der Waals surface area contributed by atoms with Gasteiger partial charge in [-0.25, -0.2) is 0 Å². The maximum Gasteiger partial charge on any atom is 0.224 e. The third kappa shape index (κ3) is 3.02. The Balaban J connectivity index is 1.64. The largest absolute Gasteiger partial charge is 0.361 e. The number of hydrogen-bond acceptors (Lipinski definition) is 1. The molecule has 3 nitrogen and oxygen atoms in total. The van der Waals surface area contributed by atoms with Crippen LogP contribution in [-0.2, 0) is 11.2 Å². The van der Waals surface area contributed by atoms with E-state index >= 15 is 0 Å². The Morgan fingerprint density at radius 3 is 2.91 bits per heavy atom. The first-order valence-electron chi connectivity index (χ1n) is 7.18. The van der Waals surface area contributed by atoms with Gasteiger partial charge >= 0.3 is 0 Å². The molecular weight excluding hydrogens is 272 g/mol. The van der Waals surface area contributed by atoms with E-state index in [-0.39, 0.29) is 5.91 Å². The zero-order valence-corrected chi connectivity index (χ0v) is 12.1. The van der Waals surface area contributed by atoms with Crippen LogP contribution in [-0.4, -0.2) is 10.9 Å². The molecule has 1 aromatic heterocycles. The molecule has 1 heterocycles. The number of aromatic amines is 1. The van der Waals surface area contributed by atoms with Gasteiger partial charge in [-0.2, -0.15) is 0 Å². The minimum absolute atomic E-state index is 0.0144. The molecule has 0 saturated carbocycles. The molecule has 2 N–H and O–H groups in total. The van der Waals surface area contributed by atoms with Gasteiger partial charge in [0.25, 0.3) is 0 Å². The number of aromatic nitrogens is 1. The van der Waals surface area contributed by atoms with E-state index in [9.17, 15) is 4.79 Å². The van der Waals surface area contributed by atoms with Gasteiger partial charge in [-0.15, -0.1) is 6.42 Å². The molecule has 108 valence electrons. The summed E-state index contributed by atoms with van der Waals surface area (Å²) in [6.07, 6.45) is 8.46. The fourth-order valence-electron chi connectivity index (χ4n) is 2.50. The van der Waals surface area contributed by atoms with E-state index in [2.05, 4.69) is 22.3 Å². The number of carbonyl (C=O) groups is 1. The van der Waals surface area contributed by atoms with Gasteiger partial charge in [-0.05, 0) is 36.2 Å². The van der Waals surface area contributed by atoms with Crippen LogP contribution in [0.4, 0.5) is 5.69 Å². The molecule has 0 aliphatic carbocycles. The highest BCUT2D eigenvalue weighted by molar-refractivity contribution is 5.91. The van der Waals surface area contributed by atoms with Crippen LogP contribution in [0.2, 0.25) is 0 Å². The number of terminal acetylenes is 1. The van der Waals surface area contributed by atoms with Crippen molar-refractivity contribution < 1.29 is 4.79 Å². The quantitative estimate of drug-likeness (QED) is 0.706. The number of rotatable bonds is 4. The first kappa shape index (κ1) is 14.0. The second kappa shape index (κ2) is 6.19. The van der Waals surface area contributed by atoms with Crippen molar-refractivity contribution in [2.75, 3.05) is 5.32 Å². The van der Waals surface area contributed by atoms with Crippen LogP contribution in [0.15, 0.2) is 54.7 Å². The molecule has 22 heavy (non-hydrogen) atoms. The van der Waals surface area contributed by atoms with Crippen molar-refractivity contribution in [1.29, 1.82) is 0 Å². The molecule has 0 aliphatic heterocycles. The minimum atomic E-state index is -0.0144. The lowest BCUT2D eigenvalue weighted by Crippen LogP contribution is -2.12. The highest BCUT2D eigenvalue weighted by Gasteiger charge is 2.07. The second-order valence-electron chi connectivity index (χ2n) is 5.13. The van der Waals surface area contributed by atoms with Crippen molar-refractivity contribution in [3.63, 3.8) is 0 Å². The van der Waals surface area contributed by atoms with Crippen molar-refractivity contribution in [3.05, 3.63) is 65.9 Å². The minimum Gasteiger partial charge on any atom is -0.361 e. The summed E-state index contributed by atoms with van der Waals surface area (Å²) < 4.78 is 0. The van der Waals surface area contributed by atoms with Gasteiger partial charge in [0, 0.05) is 34.8 Å². The number of carbonyl (C=O) groups excluding carboxylic acids is 1. The van der Waals surface area contributed by atoms with Crippen molar-refractivity contribution in [2.45, 2.75) is 12.8 Å². The topological polar surface area (TPSA) is 44.9 Å². The molecule has 3 rings (SSSR count). The summed E-state index contributed by atoms with van der Waals surface area (Å²) in [6, 6.07) is 15.4. The van der Waals surface area contributed by atoms with E-state index in [0.717, 1.165) is 22.3 Å². The molecule has 3 aromatic rings. The third-order valence-electron chi connectivity index (χ3n) is 3.61. The van der Waals surface area contributed by atoms with Crippen LogP contribution in [0.5, 0.6) is 0 Å². The molecule has 0 fully saturated rings. The normalized spacial score (nSPS) is 10.3. The maximum atomic E-state index is 12.1. The summed E-state index contributed by atoms with van der Waals surface area (Å²) in [5.41, 5.74) is 3.75. The van der Waals surface area contributed by atoms with Gasteiger partial charge in [-0.1, -0.05) is 30.2 Å². The Labute approximate surface area is 129 Å². The Morgan fingerprint density at radius 1 is 1.18 bits per heavy atom. The Kier molecular flexibility index (Phi) is 3.93. The van der Waals surface area contributed by atoms with E-state index in [4.69, 9.17) is 6.42 Å². The van der Waals surface area contributed by atoms with Crippen molar-refractivity contribution >= 4 is 22.5 Å². The SMILES string of the molecule is C#Cc1cccc(NC(=O)CCc2c[nH]c3ccccc23)c1. The number of hydrogen-bond donors (Lipinski definition) is 2. The molecule has 0 atom stereocenters. The van der Waals surface area contributed by atoms with Gasteiger partial charge < -0.3 is 10.3 Å². The molecule has 0 radical (unpaired) electrons. The van der Waals surface area contributed by atoms with E-state index in [1.165, 1.54) is 5.39 Å². The molecular formula is C19H16N2O. The van der Waals surface area contributed by atoms with E-state index in [0.29, 0.717) is 12.8 Å². The molecule has 1 amide bonds. The van der Waals surface area contributed by atoms with E-state index in [1.54, 1.807) is 6.07 Å². The lowest BCUT2D eigenvalue weighted by atomic mass is 10.1. The van der Waals surface area contributed by atoms with Crippen LogP contribution in [0.25, 0.3) is 10.9 Å². The summed E-state index contributed by atoms with van der Waals surface area (Å²) >= 11 is 0. The average Bonchev–Trinajstić information content (AvgIpc) is 2.96. The first-order chi connectivity index (χ1) is 10.8. The maximum absolute atomic E-state index is 12.1. The molecule has 2 aromatic carbocycles. The molecule has 0 saturated heterocycles. The number of nitrogens with one attached hydrogen (secondary N) is 2. The van der Waals surface area contributed by atoms with Crippen LogP contribution >= 0.6 is 0 Å². The second-order valence-corrected chi connectivity index (χ2v) is 5.13. The van der Waals surface area contributed by atoms with Gasteiger partial charge in [0.1, 0.15) is 0 Å². The number of fused-ring (bicyclic) bond motifs is 1. The molecule has 3 heteroatoms. The zero-order chi connectivity index (χ0) is 15.4. The van der Waals surface area contributed by atoms with Crippen LogP contribution in [0.3, 0.4) is 0 Å². The Hall–Kier alpha value is -2.99. The standard InChI is InChI=1S/C19H16N2O/c1-2-14-6-5-7-16(12-14)21-19(22)11-10-15-13-20-18-9-4-3-8-17(15)18/h1,3-9,12-13,20H,10-11H2,(H,21,22). The van der Waals surface area contributed by atoms with Gasteiger partial charge in [0.2, 0.25) is 5.91 Å². The summed E-state index contributed by atoms with van der Waals surface area (Å²) in [6.45, 7) is 0. The fourth-order valence-corrected chi connectivity index (χ4v) is 2.50. The van der Waals surface area contributed by atoms with Crippen molar-refractivity contribution in [1.82, 2.24) is 4.98 Å². The van der Waals surface area contributed by atoms with Crippen LogP contribution in [0.1, 0.15) is 17.5 Å². The molecule has 0 spiro atoms. The third-order valence-corrected chi connectivity index (χ3v) is 3.61. The highest BCUT2D eigenvalue weighted by atomic mass is 16.1. The molecule has 0 aliphatic rings. The first-order valence-corrected chi connectivity index (χ1v) is 7.18. The summed E-state index contributed by atoms with van der Waals surface area (Å²) in [5.74, 6) is 2.55. The lowest BCUT2D eigenvalue weighted by molar-refractivity contribution is -0.116. The Morgan fingerprint density at radius 2 is 2.05 bits per heavy atom. The lowest BCUT2D eigenvalue weighted by Gasteiger charge is -2.05. The average molecular weight is 288 g/mol. The van der Waals surface area contributed by atoms with Crippen molar-refractivity contribution in [2.24, 2.45) is 0 Å². The van der Waals surface area contributed by atoms with Gasteiger partial charge in [-0.3, -0.25) is 4.79 Å². The monoisotopic (exact) mass is 288 g/mol. The van der Waals surface area contributed by atoms with Crippen LogP contribution in [0, 0.1) is 12.3 Å². The van der Waals surface area contributed by atoms with Gasteiger partial charge in [0.15, 0.2) is 0 Å². The number of para-hydroxylation sites is 1. The summed E-state index contributed by atoms with van der Waals surface area (Å²) in [5, 5.41) is 4.05. The van der Waals surface area contributed by atoms with Crippen LogP contribution < -0.4 is 5.32 Å². The molecule has 0 bridgehead atoms.